The van der Waals surface area contributed by atoms with Crippen LogP contribution < -0.4 is 0 Å². The number of aryl methyl sites for hydroxylation is 1. The minimum Gasteiger partial charge on any atom is -0.343 e. The van der Waals surface area contributed by atoms with E-state index in [-0.39, 0.29) is 11.3 Å². The first-order valence-corrected chi connectivity index (χ1v) is 8.14. The van der Waals surface area contributed by atoms with Crippen molar-refractivity contribution >= 4 is 17.5 Å². The number of hydrogen-bond acceptors (Lipinski definition) is 2. The number of halogens is 1. The molecule has 0 spiro atoms. The summed E-state index contributed by atoms with van der Waals surface area (Å²) in [5, 5.41) is 0.623. The van der Waals surface area contributed by atoms with Gasteiger partial charge in [0.15, 0.2) is 0 Å². The predicted octanol–water partition coefficient (Wildman–Crippen LogP) is 3.80. The van der Waals surface area contributed by atoms with Gasteiger partial charge < -0.3 is 9.47 Å². The van der Waals surface area contributed by atoms with E-state index < -0.39 is 0 Å². The molecule has 0 radical (unpaired) electrons. The highest BCUT2D eigenvalue weighted by Crippen LogP contribution is 2.41. The molecule has 3 heterocycles. The fraction of sp³-hybridized carbons (Fsp3) is 0.444. The minimum atomic E-state index is 0.0251. The second-order valence-electron chi connectivity index (χ2n) is 7.32. The molecule has 0 saturated carbocycles. The average Bonchev–Trinajstić information content (AvgIpc) is 2.94. The third kappa shape index (κ3) is 2.76. The van der Waals surface area contributed by atoms with E-state index in [1.807, 2.05) is 19.1 Å². The molecular formula is C18H22ClN3O. The molecule has 0 aliphatic carbocycles. The van der Waals surface area contributed by atoms with Gasteiger partial charge >= 0.3 is 0 Å². The first-order valence-electron chi connectivity index (χ1n) is 7.76. The highest BCUT2D eigenvalue weighted by atomic mass is 35.5. The smallest absolute Gasteiger partial charge is 0.269 e. The van der Waals surface area contributed by atoms with E-state index in [4.69, 9.17) is 11.6 Å². The van der Waals surface area contributed by atoms with Crippen molar-refractivity contribution in [3.05, 3.63) is 40.4 Å². The summed E-state index contributed by atoms with van der Waals surface area (Å²) in [6, 6.07) is 3.97. The van der Waals surface area contributed by atoms with Crippen molar-refractivity contribution in [1.82, 2.24) is 14.5 Å². The Morgan fingerprint density at radius 2 is 2.00 bits per heavy atom. The first-order chi connectivity index (χ1) is 10.7. The van der Waals surface area contributed by atoms with Gasteiger partial charge in [0.25, 0.3) is 5.91 Å². The molecule has 0 aromatic carbocycles. The maximum atomic E-state index is 12.6. The van der Waals surface area contributed by atoms with Crippen molar-refractivity contribution < 1.29 is 4.79 Å². The Hall–Kier alpha value is -1.81. The van der Waals surface area contributed by atoms with Crippen LogP contribution in [0.4, 0.5) is 0 Å². The van der Waals surface area contributed by atoms with Gasteiger partial charge in [0, 0.05) is 49.4 Å². The van der Waals surface area contributed by atoms with Crippen LogP contribution in [0.1, 0.15) is 35.7 Å². The van der Waals surface area contributed by atoms with Crippen LogP contribution in [0.2, 0.25) is 5.02 Å². The fourth-order valence-corrected chi connectivity index (χ4v) is 3.49. The van der Waals surface area contributed by atoms with E-state index in [0.29, 0.717) is 5.02 Å². The lowest BCUT2D eigenvalue weighted by Gasteiger charge is -2.17. The molecule has 2 aromatic rings. The largest absolute Gasteiger partial charge is 0.343 e. The molecule has 0 N–H and O–H groups in total. The molecule has 0 unspecified atom stereocenters. The van der Waals surface area contributed by atoms with Crippen molar-refractivity contribution in [1.29, 1.82) is 0 Å². The maximum absolute atomic E-state index is 12.6. The van der Waals surface area contributed by atoms with Gasteiger partial charge in [-0.2, -0.15) is 0 Å². The van der Waals surface area contributed by atoms with Crippen LogP contribution in [0.5, 0.6) is 0 Å². The van der Waals surface area contributed by atoms with Crippen LogP contribution in [-0.4, -0.2) is 34.5 Å². The number of hydrogen-bond donors (Lipinski definition) is 0. The van der Waals surface area contributed by atoms with Gasteiger partial charge in [0.05, 0.1) is 5.02 Å². The number of carbonyl (C=O) groups is 1. The molecule has 0 fully saturated rings. The quantitative estimate of drug-likeness (QED) is 0.839. The van der Waals surface area contributed by atoms with Crippen molar-refractivity contribution in [2.24, 2.45) is 5.41 Å². The zero-order valence-electron chi connectivity index (χ0n) is 14.3. The Balaban J connectivity index is 2.22. The lowest BCUT2D eigenvalue weighted by Crippen LogP contribution is -2.25. The first kappa shape index (κ1) is 16.1. The van der Waals surface area contributed by atoms with E-state index in [0.717, 1.165) is 35.5 Å². The lowest BCUT2D eigenvalue weighted by molar-refractivity contribution is 0.0816. The molecule has 2 aromatic heterocycles. The van der Waals surface area contributed by atoms with Crippen LogP contribution >= 0.6 is 11.6 Å². The van der Waals surface area contributed by atoms with Crippen LogP contribution in [0.15, 0.2) is 18.3 Å². The number of aromatic nitrogens is 2. The van der Waals surface area contributed by atoms with E-state index in [1.165, 1.54) is 5.69 Å². The molecule has 0 saturated heterocycles. The van der Waals surface area contributed by atoms with Gasteiger partial charge in [-0.1, -0.05) is 25.4 Å². The van der Waals surface area contributed by atoms with Crippen LogP contribution in [0.25, 0.3) is 11.1 Å². The van der Waals surface area contributed by atoms with Gasteiger partial charge in [0.1, 0.15) is 5.69 Å². The summed E-state index contributed by atoms with van der Waals surface area (Å²) in [6.45, 7) is 7.26. The molecule has 0 bridgehead atoms. The monoisotopic (exact) mass is 331 g/mol. The van der Waals surface area contributed by atoms with Crippen LogP contribution in [-0.2, 0) is 13.0 Å². The van der Waals surface area contributed by atoms with Crippen molar-refractivity contribution in [3.8, 4) is 11.1 Å². The van der Waals surface area contributed by atoms with E-state index in [1.54, 1.807) is 25.2 Å². The summed E-state index contributed by atoms with van der Waals surface area (Å²) in [4.78, 5) is 18.4. The number of pyridine rings is 1. The zero-order valence-corrected chi connectivity index (χ0v) is 15.0. The normalized spacial score (nSPS) is 15.6. The predicted molar refractivity (Wildman–Crippen MR) is 92.9 cm³/mol. The Morgan fingerprint density at radius 3 is 2.65 bits per heavy atom. The summed E-state index contributed by atoms with van der Waals surface area (Å²) in [6.07, 6.45) is 2.62. The van der Waals surface area contributed by atoms with E-state index in [9.17, 15) is 4.79 Å². The number of amides is 1. The second-order valence-corrected chi connectivity index (χ2v) is 7.73. The Morgan fingerprint density at radius 1 is 1.30 bits per heavy atom. The third-order valence-electron chi connectivity index (χ3n) is 4.35. The standard InChI is InChI=1S/C18H22ClN3O/c1-11-6-12(14(19)9-20-11)13-7-15(17(23)21(4)5)22-10-18(2,3)8-16(13)22/h6-7,9H,8,10H2,1-5H3. The summed E-state index contributed by atoms with van der Waals surface area (Å²) in [5.74, 6) is 0.0251. The number of rotatable bonds is 2. The van der Waals surface area contributed by atoms with Crippen molar-refractivity contribution in [2.75, 3.05) is 14.1 Å². The molecular weight excluding hydrogens is 310 g/mol. The molecule has 0 atom stereocenters. The summed E-state index contributed by atoms with van der Waals surface area (Å²) < 4.78 is 2.16. The SMILES string of the molecule is Cc1cc(-c2cc(C(=O)N(C)C)n3c2CC(C)(C)C3)c(Cl)cn1. The molecule has 23 heavy (non-hydrogen) atoms. The number of nitrogens with zero attached hydrogens (tertiary/aromatic N) is 3. The van der Waals surface area contributed by atoms with Gasteiger partial charge in [0.2, 0.25) is 0 Å². The molecule has 1 aliphatic rings. The van der Waals surface area contributed by atoms with Crippen molar-refractivity contribution in [2.45, 2.75) is 33.7 Å². The van der Waals surface area contributed by atoms with E-state index in [2.05, 4.69) is 23.4 Å². The van der Waals surface area contributed by atoms with Crippen molar-refractivity contribution in [3.63, 3.8) is 0 Å². The lowest BCUT2D eigenvalue weighted by atomic mass is 9.89. The second kappa shape index (κ2) is 5.38. The summed E-state index contributed by atoms with van der Waals surface area (Å²) >= 11 is 6.39. The molecule has 5 heteroatoms. The molecule has 3 rings (SSSR count). The molecule has 1 amide bonds. The average molecular weight is 332 g/mol. The molecule has 1 aliphatic heterocycles. The Labute approximate surface area is 142 Å². The Bertz CT molecular complexity index is 790. The Kier molecular flexibility index (Phi) is 3.75. The van der Waals surface area contributed by atoms with E-state index >= 15 is 0 Å². The zero-order chi connectivity index (χ0) is 16.9. The minimum absolute atomic E-state index is 0.0251. The third-order valence-corrected chi connectivity index (χ3v) is 4.65. The van der Waals surface area contributed by atoms with Gasteiger partial charge in [-0.3, -0.25) is 9.78 Å². The molecule has 4 nitrogen and oxygen atoms in total. The van der Waals surface area contributed by atoms with Gasteiger partial charge in [-0.25, -0.2) is 0 Å². The maximum Gasteiger partial charge on any atom is 0.269 e. The topological polar surface area (TPSA) is 38.1 Å². The number of carbonyl (C=O) groups excluding carboxylic acids is 1. The summed E-state index contributed by atoms with van der Waals surface area (Å²) in [5.41, 5.74) is 4.99. The van der Waals surface area contributed by atoms with Crippen LogP contribution in [0, 0.1) is 12.3 Å². The highest BCUT2D eigenvalue weighted by Gasteiger charge is 2.35. The van der Waals surface area contributed by atoms with Gasteiger partial charge in [-0.05, 0) is 30.9 Å². The molecule has 122 valence electrons. The highest BCUT2D eigenvalue weighted by molar-refractivity contribution is 6.33. The van der Waals surface area contributed by atoms with Gasteiger partial charge in [-0.15, -0.1) is 0 Å². The number of fused-ring (bicyclic) bond motifs is 1. The van der Waals surface area contributed by atoms with Crippen LogP contribution in [0.3, 0.4) is 0 Å². The summed E-state index contributed by atoms with van der Waals surface area (Å²) in [7, 11) is 3.57. The fourth-order valence-electron chi connectivity index (χ4n) is 3.29.